The van der Waals surface area contributed by atoms with Gasteiger partial charge in [-0.1, -0.05) is 13.8 Å². The fourth-order valence-electron chi connectivity index (χ4n) is 6.58. The topological polar surface area (TPSA) is 47.9 Å². The van der Waals surface area contributed by atoms with Gasteiger partial charge in [-0.3, -0.25) is 0 Å². The Bertz CT molecular complexity index is 493. The molecule has 1 saturated heterocycles. The van der Waals surface area contributed by atoms with Gasteiger partial charge in [0.15, 0.2) is 0 Å². The quantitative estimate of drug-likeness (QED) is 0.549. The summed E-state index contributed by atoms with van der Waals surface area (Å²) in [6.45, 7) is 6.92. The lowest BCUT2D eigenvalue weighted by molar-refractivity contribution is -0.0846. The van der Waals surface area contributed by atoms with Crippen LogP contribution in [0, 0.1) is 17.3 Å². The Kier molecular flexibility index (Phi) is 8.16. The lowest BCUT2D eigenvalue weighted by Crippen LogP contribution is -2.40. The third-order valence-electron chi connectivity index (χ3n) is 9.07. The molecular weight excluding hydrogens is 376 g/mol. The summed E-state index contributed by atoms with van der Waals surface area (Å²) in [6.07, 6.45) is 18.2. The van der Waals surface area contributed by atoms with Crippen LogP contribution in [0.25, 0.3) is 0 Å². The molecule has 4 aliphatic rings. The highest BCUT2D eigenvalue weighted by atomic mass is 16.5. The van der Waals surface area contributed by atoms with Gasteiger partial charge in [0.05, 0.1) is 30.5 Å². The van der Waals surface area contributed by atoms with Crippen molar-refractivity contribution in [2.45, 2.75) is 134 Å². The van der Waals surface area contributed by atoms with Gasteiger partial charge in [-0.05, 0) is 107 Å². The molecule has 3 aliphatic carbocycles. The minimum absolute atomic E-state index is 0.0846. The lowest BCUT2D eigenvalue weighted by atomic mass is 9.60. The molecule has 174 valence electrons. The molecule has 1 N–H and O–H groups in total. The summed E-state index contributed by atoms with van der Waals surface area (Å²) in [4.78, 5) is 0. The van der Waals surface area contributed by atoms with Crippen molar-refractivity contribution in [2.75, 3.05) is 13.2 Å². The second kappa shape index (κ2) is 10.6. The Morgan fingerprint density at radius 1 is 0.733 bits per heavy atom. The highest BCUT2D eigenvalue weighted by Gasteiger charge is 2.41. The van der Waals surface area contributed by atoms with E-state index >= 15 is 0 Å². The van der Waals surface area contributed by atoms with Crippen LogP contribution in [0.2, 0.25) is 0 Å². The zero-order chi connectivity index (χ0) is 21.0. The van der Waals surface area contributed by atoms with Crippen molar-refractivity contribution in [3.63, 3.8) is 0 Å². The van der Waals surface area contributed by atoms with E-state index in [1.165, 1.54) is 57.8 Å². The van der Waals surface area contributed by atoms with Crippen LogP contribution < -0.4 is 0 Å². The molecule has 0 aromatic carbocycles. The van der Waals surface area contributed by atoms with Gasteiger partial charge in [0, 0.05) is 13.2 Å². The summed E-state index contributed by atoms with van der Waals surface area (Å²) in [6, 6.07) is 0. The Labute approximate surface area is 184 Å². The molecule has 1 unspecified atom stereocenters. The molecule has 1 aliphatic heterocycles. The summed E-state index contributed by atoms with van der Waals surface area (Å²) >= 11 is 0. The third kappa shape index (κ3) is 5.99. The van der Waals surface area contributed by atoms with E-state index in [1.807, 2.05) is 0 Å². The predicted molar refractivity (Wildman–Crippen MR) is 120 cm³/mol. The first-order valence-electron chi connectivity index (χ1n) is 13.1. The Morgan fingerprint density at radius 3 is 1.73 bits per heavy atom. The van der Waals surface area contributed by atoms with E-state index in [-0.39, 0.29) is 6.10 Å². The van der Waals surface area contributed by atoms with Crippen LogP contribution in [0.5, 0.6) is 0 Å². The molecule has 4 heteroatoms. The number of ether oxygens (including phenoxy) is 3. The van der Waals surface area contributed by atoms with Crippen LogP contribution in [-0.2, 0) is 14.2 Å². The Morgan fingerprint density at radius 2 is 1.23 bits per heavy atom. The second-order valence-electron chi connectivity index (χ2n) is 11.3. The standard InChI is InChI=1S/C26H46O4/c1-26(2,19-3-9-22(10-4-19)28-17-15-23-16-18-29-23)20-5-11-24(12-6-20)30-25-13-7-21(27)8-14-25/h19-25,27H,3-18H2,1-2H3. The fraction of sp³-hybridized carbons (Fsp3) is 1.00. The molecule has 1 heterocycles. The van der Waals surface area contributed by atoms with Crippen molar-refractivity contribution in [1.82, 2.24) is 0 Å². The molecule has 0 aromatic rings. The second-order valence-corrected chi connectivity index (χ2v) is 11.3. The van der Waals surface area contributed by atoms with Crippen molar-refractivity contribution in [1.29, 1.82) is 0 Å². The molecule has 0 bridgehead atoms. The average Bonchev–Trinajstić information content (AvgIpc) is 2.72. The van der Waals surface area contributed by atoms with Crippen LogP contribution in [-0.4, -0.2) is 48.8 Å². The molecule has 4 fully saturated rings. The van der Waals surface area contributed by atoms with Crippen LogP contribution in [0.1, 0.15) is 104 Å². The molecule has 0 aromatic heterocycles. The van der Waals surface area contributed by atoms with Gasteiger partial charge in [-0.15, -0.1) is 0 Å². The highest BCUT2D eigenvalue weighted by molar-refractivity contribution is 4.91. The minimum Gasteiger partial charge on any atom is -0.393 e. The van der Waals surface area contributed by atoms with Crippen molar-refractivity contribution in [3.8, 4) is 0 Å². The van der Waals surface area contributed by atoms with E-state index in [9.17, 15) is 5.11 Å². The smallest absolute Gasteiger partial charge is 0.0619 e. The number of aliphatic hydroxyl groups is 1. The van der Waals surface area contributed by atoms with E-state index < -0.39 is 0 Å². The normalized spacial score (nSPS) is 40.7. The van der Waals surface area contributed by atoms with Crippen molar-refractivity contribution < 1.29 is 19.3 Å². The number of rotatable bonds is 8. The maximum absolute atomic E-state index is 9.71. The van der Waals surface area contributed by atoms with Gasteiger partial charge in [0.1, 0.15) is 0 Å². The fourth-order valence-corrected chi connectivity index (χ4v) is 6.58. The minimum atomic E-state index is -0.0846. The summed E-state index contributed by atoms with van der Waals surface area (Å²) in [5, 5.41) is 9.71. The number of hydrogen-bond acceptors (Lipinski definition) is 4. The van der Waals surface area contributed by atoms with Crippen LogP contribution in [0.3, 0.4) is 0 Å². The summed E-state index contributed by atoms with van der Waals surface area (Å²) in [7, 11) is 0. The maximum atomic E-state index is 9.71. The zero-order valence-corrected chi connectivity index (χ0v) is 19.5. The van der Waals surface area contributed by atoms with Crippen LogP contribution >= 0.6 is 0 Å². The molecule has 4 nitrogen and oxygen atoms in total. The first-order valence-corrected chi connectivity index (χ1v) is 13.1. The third-order valence-corrected chi connectivity index (χ3v) is 9.07. The largest absolute Gasteiger partial charge is 0.393 e. The molecule has 30 heavy (non-hydrogen) atoms. The molecule has 0 spiro atoms. The van der Waals surface area contributed by atoms with E-state index in [0.717, 1.165) is 57.2 Å². The van der Waals surface area contributed by atoms with E-state index in [2.05, 4.69) is 13.8 Å². The number of hydrogen-bond donors (Lipinski definition) is 1. The monoisotopic (exact) mass is 422 g/mol. The first kappa shape index (κ1) is 23.0. The summed E-state index contributed by atoms with van der Waals surface area (Å²) < 4.78 is 18.1. The summed E-state index contributed by atoms with van der Waals surface area (Å²) in [5.74, 6) is 1.68. The average molecular weight is 423 g/mol. The van der Waals surface area contributed by atoms with Gasteiger partial charge < -0.3 is 19.3 Å². The van der Waals surface area contributed by atoms with Crippen LogP contribution in [0.4, 0.5) is 0 Å². The lowest BCUT2D eigenvalue weighted by Gasteiger charge is -2.47. The van der Waals surface area contributed by atoms with E-state index in [4.69, 9.17) is 14.2 Å². The van der Waals surface area contributed by atoms with Crippen molar-refractivity contribution in [3.05, 3.63) is 0 Å². The van der Waals surface area contributed by atoms with Crippen LogP contribution in [0.15, 0.2) is 0 Å². The zero-order valence-electron chi connectivity index (χ0n) is 19.5. The van der Waals surface area contributed by atoms with Gasteiger partial charge in [-0.2, -0.15) is 0 Å². The van der Waals surface area contributed by atoms with Crippen molar-refractivity contribution >= 4 is 0 Å². The Balaban J connectivity index is 1.14. The Hall–Kier alpha value is -0.160. The predicted octanol–water partition coefficient (Wildman–Crippen LogP) is 5.65. The SMILES string of the molecule is CC(C)(C1CCC(OCCC2CCO2)CC1)C1CCC(OC2CCC(O)CC2)CC1. The van der Waals surface area contributed by atoms with Gasteiger partial charge in [0.25, 0.3) is 0 Å². The first-order chi connectivity index (χ1) is 14.5. The number of aliphatic hydroxyl groups excluding tert-OH is 1. The van der Waals surface area contributed by atoms with E-state index in [0.29, 0.717) is 29.8 Å². The maximum Gasteiger partial charge on any atom is 0.0619 e. The molecule has 0 radical (unpaired) electrons. The van der Waals surface area contributed by atoms with Crippen molar-refractivity contribution in [2.24, 2.45) is 17.3 Å². The molecule has 0 amide bonds. The molecular formula is C26H46O4. The highest BCUT2D eigenvalue weighted by Crippen LogP contribution is 2.49. The molecule has 3 saturated carbocycles. The van der Waals surface area contributed by atoms with Gasteiger partial charge in [-0.25, -0.2) is 0 Å². The van der Waals surface area contributed by atoms with Gasteiger partial charge >= 0.3 is 0 Å². The molecule has 1 atom stereocenters. The summed E-state index contributed by atoms with van der Waals surface area (Å²) in [5.41, 5.74) is 0.435. The van der Waals surface area contributed by atoms with Gasteiger partial charge in [0.2, 0.25) is 0 Å². The van der Waals surface area contributed by atoms with E-state index in [1.54, 1.807) is 0 Å². The molecule has 4 rings (SSSR count).